The molecule has 4 rings (SSSR count). The van der Waals surface area contributed by atoms with E-state index in [1.54, 1.807) is 0 Å². The summed E-state index contributed by atoms with van der Waals surface area (Å²) >= 11 is 0. The summed E-state index contributed by atoms with van der Waals surface area (Å²) in [5.41, 5.74) is 1.77. The summed E-state index contributed by atoms with van der Waals surface area (Å²) in [4.78, 5) is 11.8. The molecule has 0 amide bonds. The first-order valence-electron chi connectivity index (χ1n) is 6.60. The van der Waals surface area contributed by atoms with Gasteiger partial charge >= 0.3 is 0 Å². The first kappa shape index (κ1) is 10.6. The van der Waals surface area contributed by atoms with Crippen LogP contribution in [0.2, 0.25) is 0 Å². The van der Waals surface area contributed by atoms with Crippen molar-refractivity contribution >= 4 is 5.78 Å². The molecule has 0 radical (unpaired) electrons. The fourth-order valence-electron chi connectivity index (χ4n) is 5.07. The lowest BCUT2D eigenvalue weighted by Crippen LogP contribution is -2.63. The number of carbonyl (C=O) groups is 1. The number of rotatable bonds is 0. The Hall–Kier alpha value is -0.590. The van der Waals surface area contributed by atoms with Crippen LogP contribution in [-0.4, -0.2) is 5.78 Å². The zero-order chi connectivity index (χ0) is 11.7. The minimum absolute atomic E-state index is 0.349. The van der Waals surface area contributed by atoms with Crippen LogP contribution in [-0.2, 0) is 4.79 Å². The summed E-state index contributed by atoms with van der Waals surface area (Å²) in [6.07, 6.45) is 4.73. The maximum absolute atomic E-state index is 11.8. The molecule has 4 aliphatic carbocycles. The highest BCUT2D eigenvalue weighted by atomic mass is 16.1. The molecule has 4 bridgehead atoms. The quantitative estimate of drug-likeness (QED) is 0.568. The van der Waals surface area contributed by atoms with Gasteiger partial charge in [-0.3, -0.25) is 4.79 Å². The van der Waals surface area contributed by atoms with Gasteiger partial charge in [0.2, 0.25) is 0 Å². The summed E-state index contributed by atoms with van der Waals surface area (Å²) in [6, 6.07) is 0. The second-order valence-electron chi connectivity index (χ2n) is 7.11. The molecule has 4 atom stereocenters. The van der Waals surface area contributed by atoms with Crippen molar-refractivity contribution in [2.75, 3.05) is 0 Å². The normalized spacial score (nSPS) is 49.6. The molecule has 0 saturated heterocycles. The van der Waals surface area contributed by atoms with Crippen LogP contribution in [0.3, 0.4) is 0 Å². The molecule has 0 heterocycles. The molecule has 4 saturated carbocycles. The second-order valence-corrected chi connectivity index (χ2v) is 7.11. The summed E-state index contributed by atoms with van der Waals surface area (Å²) < 4.78 is 0. The number of allylic oxidation sites excluding steroid dienone is 1. The second kappa shape index (κ2) is 2.80. The number of fused-ring (bicyclic) bond motifs is 2. The van der Waals surface area contributed by atoms with E-state index in [1.807, 2.05) is 0 Å². The van der Waals surface area contributed by atoms with E-state index in [4.69, 9.17) is 0 Å². The predicted octanol–water partition coefficient (Wildman–Crippen LogP) is 3.59. The average molecular weight is 218 g/mol. The van der Waals surface area contributed by atoms with Gasteiger partial charge in [-0.1, -0.05) is 33.8 Å². The van der Waals surface area contributed by atoms with Gasteiger partial charge in [-0.25, -0.2) is 0 Å². The highest BCUT2D eigenvalue weighted by molar-refractivity contribution is 5.98. The largest absolute Gasteiger partial charge is 0.295 e. The lowest BCUT2D eigenvalue weighted by atomic mass is 9.37. The zero-order valence-corrected chi connectivity index (χ0v) is 10.7. The van der Waals surface area contributed by atoms with Crippen LogP contribution < -0.4 is 0 Å². The van der Waals surface area contributed by atoms with Crippen molar-refractivity contribution in [2.24, 2.45) is 28.6 Å². The Morgan fingerprint density at radius 1 is 1.25 bits per heavy atom. The minimum Gasteiger partial charge on any atom is -0.295 e. The Morgan fingerprint density at radius 3 is 2.56 bits per heavy atom. The fourth-order valence-corrected chi connectivity index (χ4v) is 5.07. The van der Waals surface area contributed by atoms with Gasteiger partial charge in [-0.15, -0.1) is 0 Å². The first-order chi connectivity index (χ1) is 7.38. The molecular formula is C15H22O. The van der Waals surface area contributed by atoms with E-state index in [0.717, 1.165) is 17.9 Å². The predicted molar refractivity (Wildman–Crippen MR) is 65.0 cm³/mol. The summed E-state index contributed by atoms with van der Waals surface area (Å²) in [7, 11) is 0. The highest BCUT2D eigenvalue weighted by Gasteiger charge is 2.67. The van der Waals surface area contributed by atoms with Crippen LogP contribution in [0.4, 0.5) is 0 Å². The monoisotopic (exact) mass is 218 g/mol. The van der Waals surface area contributed by atoms with E-state index in [0.29, 0.717) is 28.4 Å². The van der Waals surface area contributed by atoms with Crippen molar-refractivity contribution in [1.29, 1.82) is 0 Å². The maximum Gasteiger partial charge on any atom is 0.158 e. The van der Waals surface area contributed by atoms with Gasteiger partial charge in [-0.05, 0) is 47.0 Å². The summed E-state index contributed by atoms with van der Waals surface area (Å²) in [5.74, 6) is 2.22. The molecule has 0 spiro atoms. The average Bonchev–Trinajstić information content (AvgIpc) is 2.34. The lowest BCUT2D eigenvalue weighted by Gasteiger charge is -2.66. The number of ketones is 1. The highest BCUT2D eigenvalue weighted by Crippen LogP contribution is 2.72. The molecule has 88 valence electrons. The molecule has 0 aromatic carbocycles. The molecule has 4 aliphatic rings. The Morgan fingerprint density at radius 2 is 1.94 bits per heavy atom. The Bertz CT molecular complexity index is 379. The van der Waals surface area contributed by atoms with Crippen molar-refractivity contribution in [3.63, 3.8) is 0 Å². The van der Waals surface area contributed by atoms with E-state index < -0.39 is 0 Å². The molecule has 0 aromatic heterocycles. The third-order valence-corrected chi connectivity index (χ3v) is 5.93. The van der Waals surface area contributed by atoms with Crippen LogP contribution >= 0.6 is 0 Å². The topological polar surface area (TPSA) is 17.1 Å². The molecular weight excluding hydrogens is 196 g/mol. The Kier molecular flexibility index (Phi) is 1.85. The maximum atomic E-state index is 11.8. The van der Waals surface area contributed by atoms with Crippen molar-refractivity contribution < 1.29 is 4.79 Å². The molecule has 16 heavy (non-hydrogen) atoms. The van der Waals surface area contributed by atoms with Crippen molar-refractivity contribution in [3.8, 4) is 0 Å². The van der Waals surface area contributed by atoms with Gasteiger partial charge in [0.25, 0.3) is 0 Å². The van der Waals surface area contributed by atoms with Crippen molar-refractivity contribution in [2.45, 2.75) is 46.5 Å². The van der Waals surface area contributed by atoms with E-state index >= 15 is 0 Å². The van der Waals surface area contributed by atoms with Gasteiger partial charge in [0.15, 0.2) is 5.78 Å². The molecule has 4 fully saturated rings. The number of Topliss-reactive ketones (excluding diaryl/α,β-unsaturated/α-hetero) is 1. The molecule has 0 aromatic rings. The SMILES string of the molecule is C=C1C(=O)C[C@@H]2[C@@H]3[C@H]1[C@@]2(C)CCCC3(C)C. The number of carbonyl (C=O) groups excluding carboxylic acids is 1. The molecule has 1 nitrogen and oxygen atoms in total. The van der Waals surface area contributed by atoms with Crippen LogP contribution in [0.5, 0.6) is 0 Å². The van der Waals surface area contributed by atoms with Gasteiger partial charge in [0.05, 0.1) is 0 Å². The molecule has 0 N–H and O–H groups in total. The van der Waals surface area contributed by atoms with Gasteiger partial charge < -0.3 is 0 Å². The van der Waals surface area contributed by atoms with Crippen molar-refractivity contribution in [1.82, 2.24) is 0 Å². The van der Waals surface area contributed by atoms with E-state index in [1.165, 1.54) is 19.3 Å². The molecule has 1 heteroatoms. The van der Waals surface area contributed by atoms with Crippen LogP contribution in [0, 0.1) is 28.6 Å². The zero-order valence-electron chi connectivity index (χ0n) is 10.7. The summed E-state index contributed by atoms with van der Waals surface area (Å²) in [6.45, 7) is 11.3. The third-order valence-electron chi connectivity index (χ3n) is 5.93. The van der Waals surface area contributed by atoms with Crippen LogP contribution in [0.1, 0.15) is 46.5 Å². The van der Waals surface area contributed by atoms with E-state index in [2.05, 4.69) is 27.4 Å². The van der Waals surface area contributed by atoms with E-state index in [9.17, 15) is 4.79 Å². The van der Waals surface area contributed by atoms with Crippen LogP contribution in [0.15, 0.2) is 12.2 Å². The van der Waals surface area contributed by atoms with Crippen LogP contribution in [0.25, 0.3) is 0 Å². The summed E-state index contributed by atoms with van der Waals surface area (Å²) in [5, 5.41) is 0. The van der Waals surface area contributed by atoms with Gasteiger partial charge in [-0.2, -0.15) is 0 Å². The fraction of sp³-hybridized carbons (Fsp3) is 0.800. The first-order valence-corrected chi connectivity index (χ1v) is 6.60. The minimum atomic E-state index is 0.349. The number of hydrogen-bond acceptors (Lipinski definition) is 1. The molecule has 0 aliphatic heterocycles. The van der Waals surface area contributed by atoms with Gasteiger partial charge in [0, 0.05) is 6.42 Å². The third kappa shape index (κ3) is 1.00. The van der Waals surface area contributed by atoms with E-state index in [-0.39, 0.29) is 0 Å². The Labute approximate surface area is 98.3 Å². The van der Waals surface area contributed by atoms with Gasteiger partial charge in [0.1, 0.15) is 0 Å². The smallest absolute Gasteiger partial charge is 0.158 e. The molecule has 0 unspecified atom stereocenters. The standard InChI is InChI=1S/C15H22O/c1-9-11(16)8-10-13-12(9)15(10,4)7-5-6-14(13,2)3/h10,12-13H,1,5-8H2,2-4H3/t10-,12+,13-,15+/m1/s1. The number of hydrogen-bond donors (Lipinski definition) is 0. The Balaban J connectivity index is 2.06. The van der Waals surface area contributed by atoms with Crippen molar-refractivity contribution in [3.05, 3.63) is 12.2 Å². The lowest BCUT2D eigenvalue weighted by molar-refractivity contribution is -0.166.